The smallest absolute Gasteiger partial charge is 0.365 e. The number of nitrogens with zero attached hydrogens (tertiary/aromatic N) is 3. The van der Waals surface area contributed by atoms with Crippen LogP contribution >= 0.6 is 0 Å². The third-order valence-corrected chi connectivity index (χ3v) is 2.60. The first-order valence-electron chi connectivity index (χ1n) is 5.23. The number of imidazole rings is 1. The van der Waals surface area contributed by atoms with Crippen LogP contribution in [0.2, 0.25) is 0 Å². The first kappa shape index (κ1) is 10.6. The first-order valence-corrected chi connectivity index (χ1v) is 5.23. The van der Waals surface area contributed by atoms with Crippen molar-refractivity contribution in [3.63, 3.8) is 0 Å². The van der Waals surface area contributed by atoms with Crippen LogP contribution in [-0.2, 0) is 7.05 Å². The summed E-state index contributed by atoms with van der Waals surface area (Å²) in [4.78, 5) is 19.9. The van der Waals surface area contributed by atoms with Gasteiger partial charge in [-0.15, -0.1) is 0 Å². The van der Waals surface area contributed by atoms with Gasteiger partial charge in [0.1, 0.15) is 5.82 Å². The topological polar surface area (TPSA) is 60.9 Å². The minimum atomic E-state index is -0.515. The van der Waals surface area contributed by atoms with Gasteiger partial charge in [-0.1, -0.05) is 0 Å². The lowest BCUT2D eigenvalue weighted by molar-refractivity contribution is 0.514. The van der Waals surface area contributed by atoms with Gasteiger partial charge in [-0.25, -0.2) is 14.2 Å². The van der Waals surface area contributed by atoms with E-state index in [1.165, 1.54) is 30.6 Å². The Bertz CT molecular complexity index is 774. The average molecular weight is 245 g/mol. The van der Waals surface area contributed by atoms with Crippen molar-refractivity contribution in [2.45, 2.75) is 0 Å². The number of halogens is 1. The first-order chi connectivity index (χ1) is 8.65. The molecule has 2 aromatic heterocycles. The summed E-state index contributed by atoms with van der Waals surface area (Å²) >= 11 is 0. The second-order valence-corrected chi connectivity index (χ2v) is 3.84. The molecule has 0 unspecified atom stereocenters. The highest BCUT2D eigenvalue weighted by atomic mass is 19.1. The predicted molar refractivity (Wildman–Crippen MR) is 62.4 cm³/mol. The van der Waals surface area contributed by atoms with Gasteiger partial charge >= 0.3 is 5.63 Å². The van der Waals surface area contributed by atoms with E-state index in [0.29, 0.717) is 16.7 Å². The van der Waals surface area contributed by atoms with Crippen molar-refractivity contribution in [2.24, 2.45) is 7.05 Å². The average Bonchev–Trinajstić information content (AvgIpc) is 2.72. The monoisotopic (exact) mass is 245 g/mol. The number of hydrogen-bond donors (Lipinski definition) is 0. The number of aryl methyl sites for hydroxylation is 1. The van der Waals surface area contributed by atoms with Crippen LogP contribution in [0.3, 0.4) is 0 Å². The Morgan fingerprint density at radius 2 is 2.00 bits per heavy atom. The van der Waals surface area contributed by atoms with Crippen molar-refractivity contribution in [3.05, 3.63) is 46.8 Å². The number of benzene rings is 1. The van der Waals surface area contributed by atoms with Crippen LogP contribution in [0.25, 0.3) is 22.6 Å². The zero-order valence-electron chi connectivity index (χ0n) is 9.42. The second kappa shape index (κ2) is 3.76. The second-order valence-electron chi connectivity index (χ2n) is 3.84. The van der Waals surface area contributed by atoms with Crippen molar-refractivity contribution < 1.29 is 8.81 Å². The molecule has 0 radical (unpaired) electrons. The van der Waals surface area contributed by atoms with E-state index in [9.17, 15) is 9.18 Å². The molecule has 0 aliphatic carbocycles. The molecule has 18 heavy (non-hydrogen) atoms. The van der Waals surface area contributed by atoms with E-state index in [1.807, 2.05) is 0 Å². The molecule has 90 valence electrons. The van der Waals surface area contributed by atoms with Gasteiger partial charge in [0, 0.05) is 12.6 Å². The van der Waals surface area contributed by atoms with Gasteiger partial charge in [-0.2, -0.15) is 4.98 Å². The molecule has 0 spiro atoms. The minimum absolute atomic E-state index is 0.131. The molecule has 0 saturated carbocycles. The molecule has 0 saturated heterocycles. The molecule has 0 bridgehead atoms. The summed E-state index contributed by atoms with van der Waals surface area (Å²) in [7, 11) is 1.69. The molecule has 5 nitrogen and oxygen atoms in total. The van der Waals surface area contributed by atoms with Crippen molar-refractivity contribution in [1.29, 1.82) is 0 Å². The van der Waals surface area contributed by atoms with Crippen LogP contribution < -0.4 is 5.63 Å². The highest BCUT2D eigenvalue weighted by Crippen LogP contribution is 2.17. The molecule has 0 N–H and O–H groups in total. The summed E-state index contributed by atoms with van der Waals surface area (Å²) in [6.07, 6.45) is 1.49. The predicted octanol–water partition coefficient (Wildman–Crippen LogP) is 1.73. The summed E-state index contributed by atoms with van der Waals surface area (Å²) in [6.45, 7) is 0. The lowest BCUT2D eigenvalue weighted by Gasteiger charge is -1.99. The molecule has 0 aliphatic heterocycles. The Morgan fingerprint density at radius 3 is 2.72 bits per heavy atom. The Labute approximate surface area is 101 Å². The van der Waals surface area contributed by atoms with E-state index in [2.05, 4.69) is 9.97 Å². The summed E-state index contributed by atoms with van der Waals surface area (Å²) in [5.74, 6) is -0.230. The molecule has 3 rings (SSSR count). The van der Waals surface area contributed by atoms with Crippen LogP contribution in [0.1, 0.15) is 0 Å². The quantitative estimate of drug-likeness (QED) is 0.655. The summed E-state index contributed by atoms with van der Waals surface area (Å²) in [5, 5.41) is 0. The third-order valence-electron chi connectivity index (χ3n) is 2.60. The molecule has 1 aromatic carbocycles. The van der Waals surface area contributed by atoms with E-state index in [4.69, 9.17) is 4.42 Å². The number of hydrogen-bond acceptors (Lipinski definition) is 4. The van der Waals surface area contributed by atoms with E-state index in [0.717, 1.165) is 0 Å². The molecule has 6 heteroatoms. The minimum Gasteiger partial charge on any atom is -0.402 e. The Morgan fingerprint density at radius 1 is 1.28 bits per heavy atom. The maximum atomic E-state index is 12.8. The van der Waals surface area contributed by atoms with Crippen LogP contribution in [0.15, 0.2) is 39.8 Å². The normalized spacial score (nSPS) is 11.0. The SMILES string of the molecule is Cn1cnc2nc(-c3ccc(F)cc3)oc(=O)c21. The molecule has 0 aliphatic rings. The van der Waals surface area contributed by atoms with Gasteiger partial charge in [0.05, 0.1) is 6.33 Å². The van der Waals surface area contributed by atoms with Crippen molar-refractivity contribution >= 4 is 11.2 Å². The maximum absolute atomic E-state index is 12.8. The number of aromatic nitrogens is 3. The fourth-order valence-electron chi connectivity index (χ4n) is 1.71. The highest BCUT2D eigenvalue weighted by molar-refractivity contribution is 5.71. The number of fused-ring (bicyclic) bond motifs is 1. The number of rotatable bonds is 1. The van der Waals surface area contributed by atoms with E-state index < -0.39 is 5.63 Å². The van der Waals surface area contributed by atoms with Gasteiger partial charge in [0.2, 0.25) is 5.89 Å². The fraction of sp³-hybridized carbons (Fsp3) is 0.0833. The standard InChI is InChI=1S/C12H8FN3O2/c1-16-6-14-10-9(16)12(17)18-11(15-10)7-2-4-8(13)5-3-7/h2-6H,1H3. The zero-order chi connectivity index (χ0) is 12.7. The van der Waals surface area contributed by atoms with E-state index in [-0.39, 0.29) is 11.7 Å². The van der Waals surface area contributed by atoms with Gasteiger partial charge < -0.3 is 8.98 Å². The maximum Gasteiger partial charge on any atom is 0.365 e. The summed E-state index contributed by atoms with van der Waals surface area (Å²) in [5.41, 5.74) is 0.634. The Balaban J connectivity index is 2.25. The lowest BCUT2D eigenvalue weighted by Crippen LogP contribution is -2.06. The third kappa shape index (κ3) is 1.58. The molecule has 0 amide bonds. The van der Waals surface area contributed by atoms with Gasteiger partial charge in [-0.3, -0.25) is 0 Å². The van der Waals surface area contributed by atoms with Crippen molar-refractivity contribution in [3.8, 4) is 11.5 Å². The molecule has 2 heterocycles. The molecular formula is C12H8FN3O2. The van der Waals surface area contributed by atoms with Crippen LogP contribution in [0, 0.1) is 5.82 Å². The fourth-order valence-corrected chi connectivity index (χ4v) is 1.71. The van der Waals surface area contributed by atoms with Crippen LogP contribution in [-0.4, -0.2) is 14.5 Å². The largest absolute Gasteiger partial charge is 0.402 e. The van der Waals surface area contributed by atoms with E-state index >= 15 is 0 Å². The highest BCUT2D eigenvalue weighted by Gasteiger charge is 2.11. The summed E-state index contributed by atoms with van der Waals surface area (Å²) < 4.78 is 19.5. The van der Waals surface area contributed by atoms with Crippen LogP contribution in [0.4, 0.5) is 4.39 Å². The molecular weight excluding hydrogens is 237 g/mol. The van der Waals surface area contributed by atoms with Crippen LogP contribution in [0.5, 0.6) is 0 Å². The van der Waals surface area contributed by atoms with Gasteiger partial charge in [-0.05, 0) is 24.3 Å². The zero-order valence-corrected chi connectivity index (χ0v) is 9.42. The molecule has 0 atom stereocenters. The summed E-state index contributed by atoms with van der Waals surface area (Å²) in [6, 6.07) is 5.55. The van der Waals surface area contributed by atoms with Crippen molar-refractivity contribution in [1.82, 2.24) is 14.5 Å². The van der Waals surface area contributed by atoms with Crippen molar-refractivity contribution in [2.75, 3.05) is 0 Å². The Hall–Kier alpha value is -2.50. The Kier molecular flexibility index (Phi) is 2.22. The van der Waals surface area contributed by atoms with Gasteiger partial charge in [0.25, 0.3) is 0 Å². The van der Waals surface area contributed by atoms with E-state index in [1.54, 1.807) is 11.6 Å². The molecule has 0 fully saturated rings. The van der Waals surface area contributed by atoms with Gasteiger partial charge in [0.15, 0.2) is 11.2 Å². The molecule has 3 aromatic rings. The lowest BCUT2D eigenvalue weighted by atomic mass is 10.2.